The Labute approximate surface area is 213 Å². The van der Waals surface area contributed by atoms with Gasteiger partial charge in [-0.25, -0.2) is 9.59 Å². The van der Waals surface area contributed by atoms with Gasteiger partial charge in [0, 0.05) is 43.4 Å². The summed E-state index contributed by atoms with van der Waals surface area (Å²) in [6, 6.07) is 6.23. The zero-order chi connectivity index (χ0) is 28.4. The van der Waals surface area contributed by atoms with E-state index in [1.807, 2.05) is 24.7 Å². The molecule has 1 atom stereocenters. The van der Waals surface area contributed by atoms with Crippen LogP contribution in [-0.4, -0.2) is 83.8 Å². The van der Waals surface area contributed by atoms with E-state index in [1.54, 1.807) is 6.26 Å². The number of furan rings is 1. The van der Waals surface area contributed by atoms with E-state index in [-0.39, 0.29) is 5.41 Å². The first-order chi connectivity index (χ1) is 17.7. The van der Waals surface area contributed by atoms with Crippen molar-refractivity contribution in [1.82, 2.24) is 9.88 Å². The lowest BCUT2D eigenvalue weighted by atomic mass is 9.80. The molecule has 9 nitrogen and oxygen atoms in total. The number of hydrogen-bond acceptors (Lipinski definition) is 7. The van der Waals surface area contributed by atoms with Gasteiger partial charge >= 0.3 is 24.3 Å². The molecule has 0 amide bonds. The average molecular weight is 555 g/mol. The second-order valence-corrected chi connectivity index (χ2v) is 8.74. The normalized spacial score (nSPS) is 20.4. The Balaban J connectivity index is 0.000000301. The molecule has 0 bridgehead atoms. The Morgan fingerprint density at radius 2 is 1.68 bits per heavy atom. The van der Waals surface area contributed by atoms with Gasteiger partial charge in [0.05, 0.1) is 37.6 Å². The first-order valence-electron chi connectivity index (χ1n) is 11.3. The Morgan fingerprint density at radius 1 is 1.03 bits per heavy atom. The molecule has 2 aliphatic heterocycles. The van der Waals surface area contributed by atoms with Gasteiger partial charge in [-0.15, -0.1) is 0 Å². The minimum atomic E-state index is -5.08. The van der Waals surface area contributed by atoms with E-state index in [2.05, 4.69) is 26.9 Å². The number of likely N-dealkylation sites (tertiary alicyclic amines) is 1. The number of rotatable bonds is 3. The number of hydrogen-bond donors (Lipinski definition) is 2. The van der Waals surface area contributed by atoms with Gasteiger partial charge in [-0.2, -0.15) is 26.3 Å². The number of carboxylic acids is 2. The first kappa shape index (κ1) is 30.9. The Bertz CT molecular complexity index is 979. The van der Waals surface area contributed by atoms with Crippen LogP contribution in [0, 0.1) is 5.41 Å². The number of aromatic nitrogens is 1. The van der Waals surface area contributed by atoms with Crippen molar-refractivity contribution in [3.05, 3.63) is 48.7 Å². The minimum absolute atomic E-state index is 0.203. The van der Waals surface area contributed by atoms with Crippen LogP contribution in [-0.2, 0) is 20.9 Å². The molecule has 1 spiro atoms. The molecule has 0 saturated carbocycles. The number of carboxylic acid groups (broad SMARTS) is 2. The lowest BCUT2D eigenvalue weighted by Gasteiger charge is -2.44. The summed E-state index contributed by atoms with van der Waals surface area (Å²) in [6.07, 6.45) is -0.305. The molecule has 2 saturated heterocycles. The van der Waals surface area contributed by atoms with Crippen LogP contribution >= 0.6 is 0 Å². The summed E-state index contributed by atoms with van der Waals surface area (Å²) in [5, 5.41) is 14.2. The summed E-state index contributed by atoms with van der Waals surface area (Å²) in [5.41, 5.74) is 2.66. The predicted molar refractivity (Wildman–Crippen MR) is 120 cm³/mol. The molecule has 2 aromatic rings. The lowest BCUT2D eigenvalue weighted by Crippen LogP contribution is -2.50. The van der Waals surface area contributed by atoms with Gasteiger partial charge in [0.15, 0.2) is 0 Å². The fraction of sp³-hybridized carbons (Fsp3) is 0.522. The minimum Gasteiger partial charge on any atom is -0.475 e. The molecule has 2 aromatic heterocycles. The summed E-state index contributed by atoms with van der Waals surface area (Å²) in [7, 11) is 0. The molecule has 1 unspecified atom stereocenters. The number of aliphatic carboxylic acids is 2. The fourth-order valence-corrected chi connectivity index (χ4v) is 4.09. The number of alkyl halides is 6. The molecule has 0 aliphatic carbocycles. The largest absolute Gasteiger partial charge is 0.490 e. The SMILES string of the molecule is O=C(O)C(F)(F)F.O=C(O)C(F)(F)F.c1cncc(N2CCOCC3(CCCN(Cc4ccoc4)C3)C2)c1. The first-order valence-corrected chi connectivity index (χ1v) is 11.3. The highest BCUT2D eigenvalue weighted by Crippen LogP contribution is 2.35. The van der Waals surface area contributed by atoms with Crippen LogP contribution in [0.25, 0.3) is 0 Å². The quantitative estimate of drug-likeness (QED) is 0.541. The maximum atomic E-state index is 10.6. The molecule has 4 heterocycles. The molecule has 2 N–H and O–H groups in total. The van der Waals surface area contributed by atoms with Crippen LogP contribution < -0.4 is 4.90 Å². The van der Waals surface area contributed by atoms with Crippen LogP contribution in [0.3, 0.4) is 0 Å². The number of anilines is 1. The molecule has 0 aromatic carbocycles. The van der Waals surface area contributed by atoms with Crippen molar-refractivity contribution in [2.75, 3.05) is 44.3 Å². The number of ether oxygens (including phenoxy) is 1. The second-order valence-electron chi connectivity index (χ2n) is 8.74. The van der Waals surface area contributed by atoms with E-state index in [4.69, 9.17) is 29.0 Å². The number of carbonyl (C=O) groups is 2. The van der Waals surface area contributed by atoms with E-state index >= 15 is 0 Å². The van der Waals surface area contributed by atoms with Crippen molar-refractivity contribution >= 4 is 17.6 Å². The van der Waals surface area contributed by atoms with Gasteiger partial charge < -0.3 is 24.3 Å². The molecule has 2 aliphatic rings. The highest BCUT2D eigenvalue weighted by molar-refractivity contribution is 5.73. The molecule has 4 rings (SSSR count). The van der Waals surface area contributed by atoms with E-state index < -0.39 is 24.3 Å². The Morgan fingerprint density at radius 3 is 2.21 bits per heavy atom. The van der Waals surface area contributed by atoms with E-state index in [1.165, 1.54) is 24.1 Å². The van der Waals surface area contributed by atoms with Crippen LogP contribution in [0.1, 0.15) is 18.4 Å². The molecule has 2 fully saturated rings. The standard InChI is InChI=1S/C19H25N3O2.2C2HF3O2/c1-3-18(11-20-6-1)22-8-10-24-16-19(15-22)5-2-7-21(14-19)12-17-4-9-23-13-17;2*3-2(4,5)1(6)7/h1,3-4,6,9,11,13H,2,5,7-8,10,12,14-16H2;2*(H,6,7). The van der Waals surface area contributed by atoms with Crippen molar-refractivity contribution < 1.29 is 55.3 Å². The van der Waals surface area contributed by atoms with E-state index in [0.717, 1.165) is 45.9 Å². The number of halogens is 6. The summed E-state index contributed by atoms with van der Waals surface area (Å²) in [4.78, 5) is 27.1. The van der Waals surface area contributed by atoms with Gasteiger partial charge in [-0.1, -0.05) is 0 Å². The van der Waals surface area contributed by atoms with E-state index in [9.17, 15) is 26.3 Å². The van der Waals surface area contributed by atoms with Gasteiger partial charge in [-0.3, -0.25) is 9.88 Å². The monoisotopic (exact) mass is 555 g/mol. The third kappa shape index (κ3) is 10.2. The zero-order valence-corrected chi connectivity index (χ0v) is 20.0. The van der Waals surface area contributed by atoms with Crippen molar-refractivity contribution in [3.63, 3.8) is 0 Å². The van der Waals surface area contributed by atoms with Gasteiger partial charge in [0.25, 0.3) is 0 Å². The highest BCUT2D eigenvalue weighted by atomic mass is 19.4. The van der Waals surface area contributed by atoms with Crippen LogP contribution in [0.5, 0.6) is 0 Å². The molecule has 38 heavy (non-hydrogen) atoms. The zero-order valence-electron chi connectivity index (χ0n) is 20.0. The van der Waals surface area contributed by atoms with Crippen molar-refractivity contribution in [3.8, 4) is 0 Å². The summed E-state index contributed by atoms with van der Waals surface area (Å²) in [6.45, 7) is 6.82. The van der Waals surface area contributed by atoms with Crippen LogP contribution in [0.2, 0.25) is 0 Å². The predicted octanol–water partition coefficient (Wildman–Crippen LogP) is 4.06. The molecule has 0 radical (unpaired) electrons. The lowest BCUT2D eigenvalue weighted by molar-refractivity contribution is -0.193. The maximum absolute atomic E-state index is 10.6. The summed E-state index contributed by atoms with van der Waals surface area (Å²) >= 11 is 0. The maximum Gasteiger partial charge on any atom is 0.490 e. The van der Waals surface area contributed by atoms with Crippen molar-refractivity contribution in [2.24, 2.45) is 5.41 Å². The van der Waals surface area contributed by atoms with E-state index in [0.29, 0.717) is 0 Å². The van der Waals surface area contributed by atoms with Gasteiger partial charge in [0.2, 0.25) is 0 Å². The number of pyridine rings is 1. The second kappa shape index (κ2) is 13.5. The topological polar surface area (TPSA) is 116 Å². The third-order valence-electron chi connectivity index (χ3n) is 5.66. The number of piperidine rings is 1. The van der Waals surface area contributed by atoms with Gasteiger partial charge in [0.1, 0.15) is 0 Å². The van der Waals surface area contributed by atoms with Crippen molar-refractivity contribution in [1.29, 1.82) is 0 Å². The number of nitrogens with zero attached hydrogens (tertiary/aromatic N) is 3. The summed E-state index contributed by atoms with van der Waals surface area (Å²) < 4.78 is 74.7. The van der Waals surface area contributed by atoms with Crippen LogP contribution in [0.4, 0.5) is 32.0 Å². The Hall–Kier alpha value is -3.33. The molecule has 212 valence electrons. The smallest absolute Gasteiger partial charge is 0.475 e. The average Bonchev–Trinajstić information content (AvgIpc) is 3.26. The van der Waals surface area contributed by atoms with Crippen molar-refractivity contribution in [2.45, 2.75) is 31.7 Å². The third-order valence-corrected chi connectivity index (χ3v) is 5.66. The fourth-order valence-electron chi connectivity index (χ4n) is 4.09. The Kier molecular flexibility index (Phi) is 10.9. The van der Waals surface area contributed by atoms with Crippen LogP contribution in [0.15, 0.2) is 47.5 Å². The molecular formula is C23H27F6N3O6. The molecule has 15 heteroatoms. The molecular weight excluding hydrogens is 528 g/mol. The summed E-state index contributed by atoms with van der Waals surface area (Å²) in [5.74, 6) is -5.51. The highest BCUT2D eigenvalue weighted by Gasteiger charge is 2.40. The van der Waals surface area contributed by atoms with Gasteiger partial charge in [-0.05, 0) is 37.6 Å².